The van der Waals surface area contributed by atoms with Gasteiger partial charge in [0.25, 0.3) is 0 Å². The van der Waals surface area contributed by atoms with E-state index < -0.39 is 0 Å². The van der Waals surface area contributed by atoms with Crippen LogP contribution in [-0.4, -0.2) is 14.2 Å². The number of hydrogen-bond acceptors (Lipinski definition) is 2. The number of fused-ring (bicyclic) bond motifs is 7. The third kappa shape index (κ3) is 1.39. The van der Waals surface area contributed by atoms with Crippen molar-refractivity contribution >= 4 is 0 Å². The molecule has 2 heteroatoms. The lowest BCUT2D eigenvalue weighted by Gasteiger charge is -2.41. The molecule has 2 unspecified atom stereocenters. The van der Waals surface area contributed by atoms with Crippen molar-refractivity contribution in [3.05, 3.63) is 22.3 Å². The van der Waals surface area contributed by atoms with Crippen LogP contribution in [-0.2, 0) is 0 Å². The van der Waals surface area contributed by atoms with E-state index in [4.69, 9.17) is 9.47 Å². The lowest BCUT2D eigenvalue weighted by molar-refractivity contribution is 0.313. The second kappa shape index (κ2) is 4.18. The van der Waals surface area contributed by atoms with Gasteiger partial charge in [0.2, 0.25) is 0 Å². The molecule has 2 nitrogen and oxygen atoms in total. The van der Waals surface area contributed by atoms with Gasteiger partial charge in [0.05, 0.1) is 14.2 Å². The van der Waals surface area contributed by atoms with Crippen molar-refractivity contribution in [3.8, 4) is 11.5 Å². The quantitative estimate of drug-likeness (QED) is 0.775. The highest BCUT2D eigenvalue weighted by Crippen LogP contribution is 2.65. The van der Waals surface area contributed by atoms with E-state index in [0.717, 1.165) is 23.7 Å². The fraction of sp³-hybridized carbons (Fsp3) is 0.684. The Morgan fingerprint density at radius 3 is 1.29 bits per heavy atom. The van der Waals surface area contributed by atoms with Gasteiger partial charge in [0.1, 0.15) is 11.5 Å². The molecular weight excluding hydrogens is 260 g/mol. The van der Waals surface area contributed by atoms with Crippen molar-refractivity contribution in [2.24, 2.45) is 0 Å². The minimum atomic E-state index is 0.721. The molecule has 5 aliphatic carbocycles. The molecule has 2 fully saturated rings. The summed E-state index contributed by atoms with van der Waals surface area (Å²) in [6, 6.07) is 0. The number of ether oxygens (including phenoxy) is 2. The zero-order valence-corrected chi connectivity index (χ0v) is 13.1. The van der Waals surface area contributed by atoms with E-state index in [1.54, 1.807) is 11.1 Å². The Balaban J connectivity index is 1.87. The van der Waals surface area contributed by atoms with Gasteiger partial charge in [-0.05, 0) is 68.6 Å². The minimum absolute atomic E-state index is 0.721. The lowest BCUT2D eigenvalue weighted by atomic mass is 9.64. The average Bonchev–Trinajstić information content (AvgIpc) is 3.15. The summed E-state index contributed by atoms with van der Waals surface area (Å²) in [6.07, 6.45) is 9.44. The molecule has 21 heavy (non-hydrogen) atoms. The van der Waals surface area contributed by atoms with Crippen LogP contribution in [0.4, 0.5) is 0 Å². The van der Waals surface area contributed by atoms with Gasteiger partial charge in [-0.2, -0.15) is 0 Å². The fourth-order valence-electron chi connectivity index (χ4n) is 6.02. The molecule has 2 atom stereocenters. The van der Waals surface area contributed by atoms with Crippen LogP contribution in [0.1, 0.15) is 90.9 Å². The van der Waals surface area contributed by atoms with Crippen molar-refractivity contribution in [1.29, 1.82) is 0 Å². The molecule has 0 heterocycles. The Kier molecular flexibility index (Phi) is 2.46. The highest BCUT2D eigenvalue weighted by molar-refractivity contribution is 5.67. The predicted octanol–water partition coefficient (Wildman–Crippen LogP) is 4.82. The molecule has 1 aromatic rings. The molecular formula is C19H24O2. The van der Waals surface area contributed by atoms with Crippen molar-refractivity contribution in [2.75, 3.05) is 14.2 Å². The lowest BCUT2D eigenvalue weighted by Crippen LogP contribution is -2.25. The molecule has 0 amide bonds. The maximum atomic E-state index is 6.00. The molecule has 0 N–H and O–H groups in total. The van der Waals surface area contributed by atoms with Gasteiger partial charge in [0, 0.05) is 22.3 Å². The van der Waals surface area contributed by atoms with Crippen LogP contribution < -0.4 is 9.47 Å². The standard InChI is InChI=1S/C19H24O2/c1-20-18-14-10-3-5-11(6-4-10)15(14)19(21-2)17-13-8-7-12(9-13)16(17)18/h10-13H,3-9H2,1-2H3. The van der Waals surface area contributed by atoms with Gasteiger partial charge in [0.15, 0.2) is 0 Å². The molecule has 0 aromatic heterocycles. The van der Waals surface area contributed by atoms with Gasteiger partial charge in [-0.1, -0.05) is 0 Å². The summed E-state index contributed by atoms with van der Waals surface area (Å²) >= 11 is 0. The number of hydrogen-bond donors (Lipinski definition) is 0. The molecule has 0 radical (unpaired) electrons. The number of rotatable bonds is 2. The molecule has 5 aliphatic rings. The van der Waals surface area contributed by atoms with E-state index in [0.29, 0.717) is 0 Å². The Labute approximate surface area is 126 Å². The van der Waals surface area contributed by atoms with Gasteiger partial charge >= 0.3 is 0 Å². The fourth-order valence-corrected chi connectivity index (χ4v) is 6.02. The molecule has 6 rings (SSSR count). The van der Waals surface area contributed by atoms with Crippen LogP contribution in [0.15, 0.2) is 0 Å². The zero-order chi connectivity index (χ0) is 14.1. The van der Waals surface area contributed by atoms with Crippen molar-refractivity contribution < 1.29 is 9.47 Å². The van der Waals surface area contributed by atoms with E-state index in [9.17, 15) is 0 Å². The van der Waals surface area contributed by atoms with Crippen molar-refractivity contribution in [3.63, 3.8) is 0 Å². The summed E-state index contributed by atoms with van der Waals surface area (Å²) in [7, 11) is 3.77. The van der Waals surface area contributed by atoms with Gasteiger partial charge in [-0.15, -0.1) is 0 Å². The molecule has 0 spiro atoms. The van der Waals surface area contributed by atoms with Gasteiger partial charge in [-0.3, -0.25) is 0 Å². The van der Waals surface area contributed by atoms with E-state index in [1.165, 1.54) is 67.6 Å². The maximum Gasteiger partial charge on any atom is 0.126 e. The second-order valence-electron chi connectivity index (χ2n) is 7.48. The van der Waals surface area contributed by atoms with Crippen LogP contribution in [0.2, 0.25) is 0 Å². The first-order valence-corrected chi connectivity index (χ1v) is 8.65. The third-order valence-corrected chi connectivity index (χ3v) is 6.76. The second-order valence-corrected chi connectivity index (χ2v) is 7.48. The number of benzene rings is 1. The Bertz CT molecular complexity index is 558. The minimum Gasteiger partial charge on any atom is -0.496 e. The first-order valence-electron chi connectivity index (χ1n) is 8.65. The van der Waals surface area contributed by atoms with Gasteiger partial charge in [-0.25, -0.2) is 0 Å². The predicted molar refractivity (Wildman–Crippen MR) is 82.8 cm³/mol. The Hall–Kier alpha value is -1.18. The monoisotopic (exact) mass is 284 g/mol. The van der Waals surface area contributed by atoms with Crippen LogP contribution in [0.25, 0.3) is 0 Å². The van der Waals surface area contributed by atoms with E-state index >= 15 is 0 Å². The highest BCUT2D eigenvalue weighted by atomic mass is 16.5. The summed E-state index contributed by atoms with van der Waals surface area (Å²) in [5.41, 5.74) is 6.17. The smallest absolute Gasteiger partial charge is 0.126 e. The SMILES string of the molecule is COc1c2c(c(OC)c3c1C1CCC3C1)C1CCC2CC1. The average molecular weight is 284 g/mol. The molecule has 112 valence electrons. The topological polar surface area (TPSA) is 18.5 Å². The van der Waals surface area contributed by atoms with Crippen LogP contribution in [0, 0.1) is 0 Å². The van der Waals surface area contributed by atoms with Crippen molar-refractivity contribution in [2.45, 2.75) is 68.6 Å². The largest absolute Gasteiger partial charge is 0.496 e. The molecule has 4 bridgehead atoms. The first kappa shape index (κ1) is 12.4. The van der Waals surface area contributed by atoms with Crippen LogP contribution in [0.3, 0.4) is 0 Å². The molecule has 0 saturated heterocycles. The maximum absolute atomic E-state index is 6.00. The van der Waals surface area contributed by atoms with E-state index in [2.05, 4.69) is 0 Å². The zero-order valence-electron chi connectivity index (χ0n) is 13.1. The normalized spacial score (nSPS) is 34.8. The van der Waals surface area contributed by atoms with Gasteiger partial charge < -0.3 is 9.47 Å². The first-order chi connectivity index (χ1) is 10.3. The Morgan fingerprint density at radius 2 is 0.905 bits per heavy atom. The van der Waals surface area contributed by atoms with E-state index in [1.807, 2.05) is 14.2 Å². The molecule has 0 aliphatic heterocycles. The summed E-state index contributed by atoms with van der Waals surface area (Å²) in [5.74, 6) is 5.44. The van der Waals surface area contributed by atoms with E-state index in [-0.39, 0.29) is 0 Å². The summed E-state index contributed by atoms with van der Waals surface area (Å²) in [4.78, 5) is 0. The highest BCUT2D eigenvalue weighted by Gasteiger charge is 2.47. The molecule has 2 saturated carbocycles. The molecule has 1 aromatic carbocycles. The number of methoxy groups -OCH3 is 2. The third-order valence-electron chi connectivity index (χ3n) is 6.76. The van der Waals surface area contributed by atoms with Crippen LogP contribution >= 0.6 is 0 Å². The summed E-state index contributed by atoms with van der Waals surface area (Å²) in [5, 5.41) is 0. The summed E-state index contributed by atoms with van der Waals surface area (Å²) < 4.78 is 12.0. The Morgan fingerprint density at radius 1 is 0.571 bits per heavy atom. The van der Waals surface area contributed by atoms with Crippen LogP contribution in [0.5, 0.6) is 11.5 Å². The summed E-state index contributed by atoms with van der Waals surface area (Å²) in [6.45, 7) is 0. The van der Waals surface area contributed by atoms with Crippen molar-refractivity contribution in [1.82, 2.24) is 0 Å².